The van der Waals surface area contributed by atoms with Crippen molar-refractivity contribution in [2.24, 2.45) is 0 Å². The fourth-order valence-corrected chi connectivity index (χ4v) is 2.67. The van der Waals surface area contributed by atoms with Crippen LogP contribution in [0, 0.1) is 4.77 Å². The third kappa shape index (κ3) is 3.92. The summed E-state index contributed by atoms with van der Waals surface area (Å²) >= 11 is 5.25. The molecular formula is C16H19N5OS. The van der Waals surface area contributed by atoms with Gasteiger partial charge in [-0.3, -0.25) is 14.9 Å². The number of nitrogens with one attached hydrogen (secondary N) is 2. The Hall–Kier alpha value is -2.28. The molecule has 0 aromatic carbocycles. The van der Waals surface area contributed by atoms with Crippen molar-refractivity contribution in [3.8, 4) is 0 Å². The highest BCUT2D eigenvalue weighted by Gasteiger charge is 2.28. The summed E-state index contributed by atoms with van der Waals surface area (Å²) in [6.07, 6.45) is 7.36. The van der Waals surface area contributed by atoms with Crippen LogP contribution in [0.1, 0.15) is 37.1 Å². The molecule has 0 unspecified atom stereocenters. The van der Waals surface area contributed by atoms with Gasteiger partial charge in [-0.1, -0.05) is 0 Å². The maximum absolute atomic E-state index is 12.0. The van der Waals surface area contributed by atoms with Gasteiger partial charge in [-0.25, -0.2) is 0 Å². The van der Waals surface area contributed by atoms with Crippen LogP contribution in [0.2, 0.25) is 0 Å². The highest BCUT2D eigenvalue weighted by atomic mass is 32.1. The molecule has 23 heavy (non-hydrogen) atoms. The van der Waals surface area contributed by atoms with Crippen LogP contribution in [-0.4, -0.2) is 32.2 Å². The quantitative estimate of drug-likeness (QED) is 0.630. The molecule has 6 nitrogen and oxygen atoms in total. The van der Waals surface area contributed by atoms with Crippen LogP contribution >= 0.6 is 12.2 Å². The van der Waals surface area contributed by atoms with Crippen molar-refractivity contribution in [3.63, 3.8) is 0 Å². The van der Waals surface area contributed by atoms with Crippen LogP contribution in [0.15, 0.2) is 30.6 Å². The van der Waals surface area contributed by atoms with E-state index in [0.717, 1.165) is 17.0 Å². The number of nitrogens with zero attached hydrogens (tertiary/aromatic N) is 3. The molecule has 1 aliphatic carbocycles. The summed E-state index contributed by atoms with van der Waals surface area (Å²) in [7, 11) is 0. The molecule has 0 bridgehead atoms. The zero-order valence-corrected chi connectivity index (χ0v) is 13.8. The zero-order chi connectivity index (χ0) is 16.2. The number of pyridine rings is 1. The van der Waals surface area contributed by atoms with Crippen molar-refractivity contribution >= 4 is 23.7 Å². The van der Waals surface area contributed by atoms with Crippen molar-refractivity contribution in [1.29, 1.82) is 0 Å². The number of aromatic amines is 1. The van der Waals surface area contributed by atoms with Gasteiger partial charge in [0.1, 0.15) is 5.82 Å². The van der Waals surface area contributed by atoms with E-state index in [0.29, 0.717) is 23.8 Å². The average Bonchev–Trinajstić information content (AvgIpc) is 3.33. The molecule has 1 aliphatic rings. The summed E-state index contributed by atoms with van der Waals surface area (Å²) in [4.78, 5) is 16.0. The molecule has 1 fully saturated rings. The molecule has 120 valence electrons. The first-order chi connectivity index (χ1) is 11.1. The number of amides is 1. The molecule has 0 atom stereocenters. The Morgan fingerprint density at radius 2 is 2.22 bits per heavy atom. The van der Waals surface area contributed by atoms with Gasteiger partial charge < -0.3 is 9.88 Å². The second-order valence-electron chi connectivity index (χ2n) is 5.67. The number of allylic oxidation sites excluding steroid dienone is 1. The number of rotatable bonds is 6. The van der Waals surface area contributed by atoms with Crippen molar-refractivity contribution in [2.75, 3.05) is 6.54 Å². The summed E-state index contributed by atoms with van der Waals surface area (Å²) in [5.74, 6) is 1.42. The van der Waals surface area contributed by atoms with Gasteiger partial charge in [0.25, 0.3) is 0 Å². The minimum atomic E-state index is -0.109. The molecular weight excluding hydrogens is 310 g/mol. The summed E-state index contributed by atoms with van der Waals surface area (Å²) in [6.45, 7) is 3.06. The number of aromatic nitrogens is 4. The van der Waals surface area contributed by atoms with Crippen LogP contribution in [0.4, 0.5) is 0 Å². The average molecular weight is 329 g/mol. The van der Waals surface area contributed by atoms with Gasteiger partial charge in [0.2, 0.25) is 5.91 Å². The maximum atomic E-state index is 12.0. The fraction of sp³-hybridized carbons (Fsp3) is 0.375. The van der Waals surface area contributed by atoms with Crippen LogP contribution in [0.3, 0.4) is 0 Å². The Bertz CT molecular complexity index is 773. The van der Waals surface area contributed by atoms with Crippen LogP contribution in [-0.2, 0) is 11.3 Å². The third-order valence-electron chi connectivity index (χ3n) is 3.85. The van der Waals surface area contributed by atoms with E-state index in [9.17, 15) is 4.79 Å². The van der Waals surface area contributed by atoms with E-state index < -0.39 is 0 Å². The molecule has 0 spiro atoms. The van der Waals surface area contributed by atoms with Crippen molar-refractivity contribution in [3.05, 3.63) is 46.8 Å². The van der Waals surface area contributed by atoms with Crippen molar-refractivity contribution in [2.45, 2.75) is 32.2 Å². The van der Waals surface area contributed by atoms with Crippen LogP contribution < -0.4 is 5.32 Å². The molecule has 0 saturated heterocycles. The number of hydrogen-bond acceptors (Lipinski definition) is 4. The predicted octanol–water partition coefficient (Wildman–Crippen LogP) is 2.43. The number of hydrogen-bond donors (Lipinski definition) is 2. The number of carbonyl (C=O) groups excluding carboxylic acids is 1. The van der Waals surface area contributed by atoms with E-state index in [1.807, 2.05) is 23.6 Å². The van der Waals surface area contributed by atoms with Gasteiger partial charge >= 0.3 is 0 Å². The molecule has 2 aromatic heterocycles. The molecule has 1 saturated carbocycles. The van der Waals surface area contributed by atoms with E-state index in [2.05, 4.69) is 20.5 Å². The number of H-pyrrole nitrogens is 1. The Morgan fingerprint density at radius 3 is 2.91 bits per heavy atom. The van der Waals surface area contributed by atoms with E-state index in [4.69, 9.17) is 12.2 Å². The zero-order valence-electron chi connectivity index (χ0n) is 13.0. The first-order valence-corrected chi connectivity index (χ1v) is 8.07. The molecule has 0 radical (unpaired) electrons. The van der Waals surface area contributed by atoms with E-state index in [1.165, 1.54) is 12.8 Å². The first kappa shape index (κ1) is 15.6. The summed E-state index contributed by atoms with van der Waals surface area (Å²) in [6, 6.07) is 3.76. The molecule has 0 aliphatic heterocycles. The van der Waals surface area contributed by atoms with Gasteiger partial charge in [0, 0.05) is 37.5 Å². The van der Waals surface area contributed by atoms with Crippen molar-refractivity contribution < 1.29 is 4.79 Å². The molecule has 3 rings (SSSR count). The largest absolute Gasteiger partial charge is 0.351 e. The Labute approximate surface area is 139 Å². The lowest BCUT2D eigenvalue weighted by Crippen LogP contribution is -2.26. The molecule has 2 N–H and O–H groups in total. The van der Waals surface area contributed by atoms with E-state index >= 15 is 0 Å². The lowest BCUT2D eigenvalue weighted by Gasteiger charge is -2.07. The van der Waals surface area contributed by atoms with Gasteiger partial charge in [-0.15, -0.1) is 0 Å². The van der Waals surface area contributed by atoms with Gasteiger partial charge in [-0.05, 0) is 55.3 Å². The minimum Gasteiger partial charge on any atom is -0.351 e. The monoisotopic (exact) mass is 329 g/mol. The second kappa shape index (κ2) is 6.87. The van der Waals surface area contributed by atoms with E-state index in [-0.39, 0.29) is 5.91 Å². The normalized spacial score (nSPS) is 14.7. The lowest BCUT2D eigenvalue weighted by molar-refractivity contribution is -0.116. The predicted molar refractivity (Wildman–Crippen MR) is 90.3 cm³/mol. The third-order valence-corrected chi connectivity index (χ3v) is 4.16. The maximum Gasteiger partial charge on any atom is 0.244 e. The first-order valence-electron chi connectivity index (χ1n) is 7.67. The van der Waals surface area contributed by atoms with Gasteiger partial charge in [0.05, 0.1) is 0 Å². The Balaban J connectivity index is 1.56. The minimum absolute atomic E-state index is 0.109. The summed E-state index contributed by atoms with van der Waals surface area (Å²) < 4.78 is 2.59. The highest BCUT2D eigenvalue weighted by molar-refractivity contribution is 7.71. The van der Waals surface area contributed by atoms with Gasteiger partial charge in [-0.2, -0.15) is 5.10 Å². The fourth-order valence-electron chi connectivity index (χ4n) is 2.44. The molecule has 2 aromatic rings. The smallest absolute Gasteiger partial charge is 0.244 e. The Kier molecular flexibility index (Phi) is 4.66. The molecule has 2 heterocycles. The summed E-state index contributed by atoms with van der Waals surface area (Å²) in [5.41, 5.74) is 1.90. The SMILES string of the molecule is C/C(=C\C(=O)NCCn1c(C2CC2)n[nH]c1=S)c1ccncc1. The van der Waals surface area contributed by atoms with Crippen LogP contribution in [0.5, 0.6) is 0 Å². The second-order valence-corrected chi connectivity index (χ2v) is 6.05. The lowest BCUT2D eigenvalue weighted by atomic mass is 10.1. The standard InChI is InChI=1S/C16H19N5OS/c1-11(12-4-6-17-7-5-12)10-14(22)18-8-9-21-15(13-2-3-13)19-20-16(21)23/h4-7,10,13H,2-3,8-9H2,1H3,(H,18,22)(H,20,23)/b11-10+. The van der Waals surface area contributed by atoms with Crippen LogP contribution in [0.25, 0.3) is 5.57 Å². The number of carbonyl (C=O) groups is 1. The van der Waals surface area contributed by atoms with E-state index in [1.54, 1.807) is 18.5 Å². The summed E-state index contributed by atoms with van der Waals surface area (Å²) in [5, 5.41) is 10.0. The van der Waals surface area contributed by atoms with Gasteiger partial charge in [0.15, 0.2) is 4.77 Å². The molecule has 1 amide bonds. The Morgan fingerprint density at radius 1 is 1.48 bits per heavy atom. The topological polar surface area (TPSA) is 75.6 Å². The van der Waals surface area contributed by atoms with Crippen molar-refractivity contribution in [1.82, 2.24) is 25.1 Å². The highest BCUT2D eigenvalue weighted by Crippen LogP contribution is 2.38. The molecule has 7 heteroatoms.